The Morgan fingerprint density at radius 1 is 0.486 bits per heavy atom. The van der Waals surface area contributed by atoms with Crippen LogP contribution in [-0.2, 0) is 0 Å². The Bertz CT molecular complexity index is 1560. The second kappa shape index (κ2) is 9.40. The van der Waals surface area contributed by atoms with Crippen LogP contribution in [0.5, 0.6) is 11.5 Å². The molecule has 5 aromatic rings. The van der Waals surface area contributed by atoms with Gasteiger partial charge >= 0.3 is 0 Å². The van der Waals surface area contributed by atoms with Crippen LogP contribution in [0.2, 0.25) is 0 Å². The number of hydrogen-bond donors (Lipinski definition) is 0. The normalized spacial score (nSPS) is 12.1. The summed E-state index contributed by atoms with van der Waals surface area (Å²) < 4.78 is 11.1. The molecule has 0 N–H and O–H groups in total. The summed E-state index contributed by atoms with van der Waals surface area (Å²) >= 11 is 0. The first kappa shape index (κ1) is 22.7. The summed E-state index contributed by atoms with van der Waals surface area (Å²) in [6.45, 7) is 2.08. The van der Waals surface area contributed by atoms with E-state index in [1.165, 1.54) is 0 Å². The van der Waals surface area contributed by atoms with Crippen molar-refractivity contribution in [2.24, 2.45) is 0 Å². The average Bonchev–Trinajstić information content (AvgIpc) is 2.96. The van der Waals surface area contributed by atoms with Crippen molar-refractivity contribution in [2.45, 2.75) is 6.92 Å². The zero-order valence-electron chi connectivity index (χ0n) is 21.2. The molecule has 1 aliphatic heterocycles. The van der Waals surface area contributed by atoms with Gasteiger partial charge in [0.05, 0.1) is 37.0 Å². The first-order valence-corrected chi connectivity index (χ1v) is 12.4. The lowest BCUT2D eigenvalue weighted by Gasteiger charge is -2.40. The van der Waals surface area contributed by atoms with Crippen molar-refractivity contribution in [2.75, 3.05) is 24.0 Å². The molecule has 0 atom stereocenters. The van der Waals surface area contributed by atoms with Crippen molar-refractivity contribution in [1.82, 2.24) is 0 Å². The van der Waals surface area contributed by atoms with Crippen LogP contribution in [-0.4, -0.2) is 14.2 Å². The number of anilines is 6. The number of fused-ring (bicyclic) bond motifs is 2. The molecule has 0 fully saturated rings. The fraction of sp³-hybridized carbons (Fsp3) is 0.0909. The highest BCUT2D eigenvalue weighted by Crippen LogP contribution is 2.55. The van der Waals surface area contributed by atoms with Crippen molar-refractivity contribution < 1.29 is 9.47 Å². The van der Waals surface area contributed by atoms with Gasteiger partial charge < -0.3 is 19.3 Å². The van der Waals surface area contributed by atoms with Gasteiger partial charge in [-0.15, -0.1) is 0 Å². The third-order valence-corrected chi connectivity index (χ3v) is 6.88. The summed E-state index contributed by atoms with van der Waals surface area (Å²) in [5.74, 6) is 1.72. The molecule has 0 amide bonds. The quantitative estimate of drug-likeness (QED) is 0.244. The largest absolute Gasteiger partial charge is 0.497 e. The number of benzene rings is 5. The second-order valence-electron chi connectivity index (χ2n) is 9.08. The Hall–Kier alpha value is -4.70. The van der Waals surface area contributed by atoms with Gasteiger partial charge in [-0.3, -0.25) is 0 Å². The minimum atomic E-state index is 0.821. The van der Waals surface area contributed by atoms with Crippen LogP contribution in [0.15, 0.2) is 115 Å². The van der Waals surface area contributed by atoms with Crippen LogP contribution in [0, 0.1) is 6.92 Å². The van der Waals surface area contributed by atoms with E-state index in [9.17, 15) is 0 Å². The average molecular weight is 485 g/mol. The van der Waals surface area contributed by atoms with Gasteiger partial charge in [-0.25, -0.2) is 0 Å². The van der Waals surface area contributed by atoms with E-state index < -0.39 is 0 Å². The molecule has 5 aromatic carbocycles. The molecule has 0 bridgehead atoms. The fourth-order valence-electron chi connectivity index (χ4n) is 5.10. The summed E-state index contributed by atoms with van der Waals surface area (Å²) in [5, 5.41) is 0. The van der Waals surface area contributed by atoms with Crippen molar-refractivity contribution in [1.29, 1.82) is 0 Å². The predicted molar refractivity (Wildman–Crippen MR) is 153 cm³/mol. The Morgan fingerprint density at radius 2 is 1.03 bits per heavy atom. The Labute approximate surface area is 217 Å². The molecule has 0 saturated heterocycles. The standard InChI is InChI=1S/C33H28N2O2/c1-23-20-24(15-19-33(23)37-3)25-14-17-29-31(21-25)34(26-10-6-4-7-11-26)30-18-16-28(36-2)22-32(30)35(29)27-12-8-5-9-13-27/h4-22H,1-3H3. The number of methoxy groups -OCH3 is 2. The van der Waals surface area contributed by atoms with Crippen molar-refractivity contribution in [3.8, 4) is 22.6 Å². The second-order valence-corrected chi connectivity index (χ2v) is 9.08. The highest BCUT2D eigenvalue weighted by Gasteiger charge is 2.31. The molecule has 1 heterocycles. The van der Waals surface area contributed by atoms with Gasteiger partial charge in [-0.2, -0.15) is 0 Å². The monoisotopic (exact) mass is 484 g/mol. The van der Waals surface area contributed by atoms with Crippen molar-refractivity contribution in [3.05, 3.63) is 121 Å². The Kier molecular flexibility index (Phi) is 5.78. The number of ether oxygens (including phenoxy) is 2. The summed E-state index contributed by atoms with van der Waals surface area (Å²) in [7, 11) is 3.42. The minimum Gasteiger partial charge on any atom is -0.497 e. The number of aryl methyl sites for hydroxylation is 1. The van der Waals surface area contributed by atoms with E-state index in [0.717, 1.165) is 62.3 Å². The smallest absolute Gasteiger partial charge is 0.121 e. The molecule has 4 nitrogen and oxygen atoms in total. The maximum absolute atomic E-state index is 5.64. The van der Waals surface area contributed by atoms with E-state index in [0.29, 0.717) is 0 Å². The van der Waals surface area contributed by atoms with Crippen LogP contribution in [0.25, 0.3) is 11.1 Å². The van der Waals surface area contributed by atoms with E-state index in [4.69, 9.17) is 9.47 Å². The molecule has 0 saturated carbocycles. The van der Waals surface area contributed by atoms with Gasteiger partial charge in [0, 0.05) is 17.4 Å². The lowest BCUT2D eigenvalue weighted by Crippen LogP contribution is -2.24. The zero-order chi connectivity index (χ0) is 25.4. The first-order valence-electron chi connectivity index (χ1n) is 12.4. The van der Waals surface area contributed by atoms with Gasteiger partial charge in [0.25, 0.3) is 0 Å². The molecule has 182 valence electrons. The molecule has 37 heavy (non-hydrogen) atoms. The van der Waals surface area contributed by atoms with E-state index in [-0.39, 0.29) is 0 Å². The van der Waals surface area contributed by atoms with Crippen LogP contribution < -0.4 is 19.3 Å². The number of hydrogen-bond acceptors (Lipinski definition) is 4. The highest BCUT2D eigenvalue weighted by molar-refractivity contribution is 6.02. The molecule has 1 aliphatic rings. The fourth-order valence-corrected chi connectivity index (χ4v) is 5.10. The third kappa shape index (κ3) is 3.97. The SMILES string of the molecule is COc1ccc2c(c1)N(c1ccccc1)c1ccc(-c3ccc(OC)c(C)c3)cc1N2c1ccccc1. The molecule has 0 radical (unpaired) electrons. The van der Waals surface area contributed by atoms with E-state index in [1.807, 2.05) is 18.2 Å². The maximum Gasteiger partial charge on any atom is 0.121 e. The minimum absolute atomic E-state index is 0.821. The van der Waals surface area contributed by atoms with Crippen molar-refractivity contribution in [3.63, 3.8) is 0 Å². The van der Waals surface area contributed by atoms with Crippen molar-refractivity contribution >= 4 is 34.1 Å². The Balaban J connectivity index is 1.61. The van der Waals surface area contributed by atoms with Gasteiger partial charge in [-0.1, -0.05) is 48.5 Å². The third-order valence-electron chi connectivity index (χ3n) is 6.88. The molecular weight excluding hydrogens is 456 g/mol. The molecule has 0 unspecified atom stereocenters. The topological polar surface area (TPSA) is 24.9 Å². The molecule has 0 aromatic heterocycles. The summed E-state index contributed by atoms with van der Waals surface area (Å²) in [6, 6.07) is 40.3. The first-order chi connectivity index (χ1) is 18.2. The van der Waals surface area contributed by atoms with Gasteiger partial charge in [0.15, 0.2) is 0 Å². The molecule has 6 rings (SSSR count). The van der Waals surface area contributed by atoms with Crippen LogP contribution in [0.4, 0.5) is 34.1 Å². The van der Waals surface area contributed by atoms with Gasteiger partial charge in [0.1, 0.15) is 11.5 Å². The molecule has 0 spiro atoms. The molecule has 0 aliphatic carbocycles. The van der Waals surface area contributed by atoms with E-state index in [2.05, 4.69) is 114 Å². The molecule has 4 heteroatoms. The summed E-state index contributed by atoms with van der Waals surface area (Å²) in [6.07, 6.45) is 0. The lowest BCUT2D eigenvalue weighted by atomic mass is 9.98. The van der Waals surface area contributed by atoms with Gasteiger partial charge in [-0.05, 0) is 84.3 Å². The predicted octanol–water partition coefficient (Wildman–Crippen LogP) is 8.93. The summed E-state index contributed by atoms with van der Waals surface area (Å²) in [5.41, 5.74) is 9.98. The van der Waals surface area contributed by atoms with E-state index >= 15 is 0 Å². The van der Waals surface area contributed by atoms with Crippen LogP contribution in [0.1, 0.15) is 5.56 Å². The van der Waals surface area contributed by atoms with E-state index in [1.54, 1.807) is 14.2 Å². The molecular formula is C33H28N2O2. The number of nitrogens with zero attached hydrogens (tertiary/aromatic N) is 2. The van der Waals surface area contributed by atoms with Crippen LogP contribution in [0.3, 0.4) is 0 Å². The van der Waals surface area contributed by atoms with Gasteiger partial charge in [0.2, 0.25) is 0 Å². The zero-order valence-corrected chi connectivity index (χ0v) is 21.2. The number of para-hydroxylation sites is 2. The summed E-state index contributed by atoms with van der Waals surface area (Å²) in [4.78, 5) is 4.65. The highest BCUT2D eigenvalue weighted by atomic mass is 16.5. The van der Waals surface area contributed by atoms with Crippen LogP contribution >= 0.6 is 0 Å². The maximum atomic E-state index is 5.64. The lowest BCUT2D eigenvalue weighted by molar-refractivity contribution is 0.412. The Morgan fingerprint density at radius 3 is 1.59 bits per heavy atom. The number of rotatable bonds is 5.